The molecule has 0 radical (unpaired) electrons. The van der Waals surface area contributed by atoms with Gasteiger partial charge in [0.05, 0.1) is 30.1 Å². The number of halogens is 4. The van der Waals surface area contributed by atoms with Crippen LogP contribution in [0, 0.1) is 11.3 Å². The predicted octanol–water partition coefficient (Wildman–Crippen LogP) is 4.96. The van der Waals surface area contributed by atoms with Crippen molar-refractivity contribution in [3.8, 4) is 28.7 Å². The third-order valence-electron chi connectivity index (χ3n) is 5.32. The summed E-state index contributed by atoms with van der Waals surface area (Å²) in [7, 11) is 0. The van der Waals surface area contributed by atoms with Crippen LogP contribution in [-0.2, 0) is 6.54 Å². The molecule has 4 aromatic rings. The minimum absolute atomic E-state index is 0.150. The second-order valence-electron chi connectivity index (χ2n) is 7.34. The van der Waals surface area contributed by atoms with Gasteiger partial charge in [-0.25, -0.2) is 4.68 Å². The number of hydrogen-bond donors (Lipinski definition) is 0. The van der Waals surface area contributed by atoms with Gasteiger partial charge < -0.3 is 9.32 Å². The van der Waals surface area contributed by atoms with Gasteiger partial charge in [-0.15, -0.1) is 10.2 Å². The van der Waals surface area contributed by atoms with Gasteiger partial charge in [0.25, 0.3) is 11.8 Å². The Bertz CT molecular complexity index is 1460. The Kier molecular flexibility index (Phi) is 5.09. The van der Waals surface area contributed by atoms with E-state index in [1.165, 1.54) is 29.3 Å². The van der Waals surface area contributed by atoms with Crippen molar-refractivity contribution < 1.29 is 26.8 Å². The minimum atomic E-state index is -2.92. The van der Waals surface area contributed by atoms with Crippen LogP contribution in [0.4, 0.5) is 23.2 Å². The number of benzene rings is 2. The third kappa shape index (κ3) is 3.57. The highest BCUT2D eigenvalue weighted by atomic mass is 19.3. The molecule has 0 unspecified atom stereocenters. The molecule has 0 atom stereocenters. The Morgan fingerprint density at radius 1 is 1.03 bits per heavy atom. The Labute approximate surface area is 188 Å². The summed E-state index contributed by atoms with van der Waals surface area (Å²) in [5.74, 6) is -1.38. The smallest absolute Gasteiger partial charge is 0.333 e. The van der Waals surface area contributed by atoms with Crippen LogP contribution in [0.2, 0.25) is 0 Å². The SMILES string of the molecule is N#Cc1ccc(N2Cc3ccc(-c4nnc(C(F)F)o4)cc3C2=O)c(-c2cnn(C(F)F)c2)c1. The fourth-order valence-corrected chi connectivity index (χ4v) is 3.72. The van der Waals surface area contributed by atoms with Gasteiger partial charge in [0.15, 0.2) is 0 Å². The van der Waals surface area contributed by atoms with E-state index in [1.54, 1.807) is 18.2 Å². The monoisotopic (exact) mass is 468 g/mol. The quantitative estimate of drug-likeness (QED) is 0.384. The molecule has 8 nitrogen and oxygen atoms in total. The van der Waals surface area contributed by atoms with E-state index in [9.17, 15) is 27.6 Å². The molecule has 170 valence electrons. The molecule has 0 bridgehead atoms. The van der Waals surface area contributed by atoms with Crippen molar-refractivity contribution in [1.29, 1.82) is 5.26 Å². The first kappa shape index (κ1) is 21.3. The van der Waals surface area contributed by atoms with Crippen molar-refractivity contribution in [2.24, 2.45) is 0 Å². The zero-order chi connectivity index (χ0) is 24.0. The molecule has 0 saturated carbocycles. The molecule has 3 heterocycles. The number of rotatable bonds is 5. The van der Waals surface area contributed by atoms with Crippen LogP contribution < -0.4 is 4.90 Å². The number of nitrogens with zero attached hydrogens (tertiary/aromatic N) is 6. The van der Waals surface area contributed by atoms with Gasteiger partial charge in [-0.1, -0.05) is 6.07 Å². The van der Waals surface area contributed by atoms with Gasteiger partial charge in [0, 0.05) is 28.5 Å². The van der Waals surface area contributed by atoms with Gasteiger partial charge in [0.2, 0.25) is 5.89 Å². The highest BCUT2D eigenvalue weighted by Crippen LogP contribution is 2.38. The normalized spacial score (nSPS) is 13.1. The molecule has 2 aromatic carbocycles. The van der Waals surface area contributed by atoms with E-state index in [0.29, 0.717) is 38.2 Å². The number of nitriles is 1. The van der Waals surface area contributed by atoms with E-state index in [2.05, 4.69) is 15.3 Å². The summed E-state index contributed by atoms with van der Waals surface area (Å²) in [6.45, 7) is -2.68. The molecular weight excluding hydrogens is 456 g/mol. The minimum Gasteiger partial charge on any atom is -0.415 e. The largest absolute Gasteiger partial charge is 0.415 e. The average molecular weight is 468 g/mol. The molecule has 0 N–H and O–H groups in total. The van der Waals surface area contributed by atoms with E-state index < -0.39 is 24.8 Å². The highest BCUT2D eigenvalue weighted by Gasteiger charge is 2.31. The number of aromatic nitrogens is 4. The summed E-state index contributed by atoms with van der Waals surface area (Å²) in [6, 6.07) is 11.3. The first-order valence-electron chi connectivity index (χ1n) is 9.79. The molecule has 1 aliphatic heterocycles. The Hall–Kier alpha value is -4.53. The van der Waals surface area contributed by atoms with Crippen LogP contribution in [0.25, 0.3) is 22.6 Å². The molecule has 0 saturated heterocycles. The summed E-state index contributed by atoms with van der Waals surface area (Å²) < 4.78 is 57.0. The zero-order valence-electron chi connectivity index (χ0n) is 17.0. The van der Waals surface area contributed by atoms with Crippen LogP contribution >= 0.6 is 0 Å². The van der Waals surface area contributed by atoms with Crippen molar-refractivity contribution >= 4 is 11.6 Å². The summed E-state index contributed by atoms with van der Waals surface area (Å²) in [6.07, 6.45) is -0.558. The van der Waals surface area contributed by atoms with Crippen LogP contribution in [-0.4, -0.2) is 25.9 Å². The van der Waals surface area contributed by atoms with Crippen molar-refractivity contribution in [3.05, 3.63) is 71.4 Å². The van der Waals surface area contributed by atoms with E-state index in [0.717, 1.165) is 6.20 Å². The summed E-state index contributed by atoms with van der Waals surface area (Å²) in [5.41, 5.74) is 2.61. The fourth-order valence-electron chi connectivity index (χ4n) is 3.72. The first-order valence-corrected chi connectivity index (χ1v) is 9.79. The highest BCUT2D eigenvalue weighted by molar-refractivity contribution is 6.12. The molecule has 1 amide bonds. The second-order valence-corrected chi connectivity index (χ2v) is 7.34. The van der Waals surface area contributed by atoms with Crippen molar-refractivity contribution in [3.63, 3.8) is 0 Å². The molecular formula is C22H12F4N6O2. The Morgan fingerprint density at radius 3 is 2.53 bits per heavy atom. The summed E-state index contributed by atoms with van der Waals surface area (Å²) >= 11 is 0. The number of carbonyl (C=O) groups excluding carboxylic acids is 1. The van der Waals surface area contributed by atoms with Crippen molar-refractivity contribution in [1.82, 2.24) is 20.0 Å². The van der Waals surface area contributed by atoms with Gasteiger partial charge in [-0.05, 0) is 35.9 Å². The number of anilines is 1. The summed E-state index contributed by atoms with van der Waals surface area (Å²) in [4.78, 5) is 14.7. The molecule has 5 rings (SSSR count). The molecule has 0 spiro atoms. The molecule has 0 fully saturated rings. The topological polar surface area (TPSA) is 101 Å². The second kappa shape index (κ2) is 8.11. The van der Waals surface area contributed by atoms with Gasteiger partial charge in [0.1, 0.15) is 0 Å². The van der Waals surface area contributed by atoms with Gasteiger partial charge in [-0.2, -0.15) is 27.9 Å². The molecule has 34 heavy (non-hydrogen) atoms. The van der Waals surface area contributed by atoms with Crippen LogP contribution in [0.1, 0.15) is 40.4 Å². The van der Waals surface area contributed by atoms with Crippen LogP contribution in [0.15, 0.2) is 53.2 Å². The fraction of sp³-hybridized carbons (Fsp3) is 0.136. The maximum atomic E-state index is 13.3. The predicted molar refractivity (Wildman–Crippen MR) is 109 cm³/mol. The number of fused-ring (bicyclic) bond motifs is 1. The van der Waals surface area contributed by atoms with E-state index in [4.69, 9.17) is 4.42 Å². The van der Waals surface area contributed by atoms with E-state index >= 15 is 0 Å². The van der Waals surface area contributed by atoms with Crippen LogP contribution in [0.3, 0.4) is 0 Å². The lowest BCUT2D eigenvalue weighted by molar-refractivity contribution is 0.0566. The number of alkyl halides is 4. The maximum Gasteiger partial charge on any atom is 0.333 e. The lowest BCUT2D eigenvalue weighted by Crippen LogP contribution is -2.23. The molecule has 2 aromatic heterocycles. The molecule has 12 heteroatoms. The Morgan fingerprint density at radius 2 is 1.85 bits per heavy atom. The zero-order valence-corrected chi connectivity index (χ0v) is 17.0. The van der Waals surface area contributed by atoms with Gasteiger partial charge >= 0.3 is 13.0 Å². The third-order valence-corrected chi connectivity index (χ3v) is 5.32. The number of hydrogen-bond acceptors (Lipinski definition) is 6. The van der Waals surface area contributed by atoms with Crippen molar-refractivity contribution in [2.45, 2.75) is 19.5 Å². The number of amides is 1. The summed E-state index contributed by atoms with van der Waals surface area (Å²) in [5, 5.41) is 19.8. The maximum absolute atomic E-state index is 13.3. The van der Waals surface area contributed by atoms with Crippen LogP contribution in [0.5, 0.6) is 0 Å². The first-order chi connectivity index (χ1) is 16.4. The standard InChI is InChI=1S/C22H12F4N6O2/c23-18(24)20-30-29-19(34-20)12-2-3-13-9-31(21(33)16(13)6-12)17-4-1-11(7-27)5-15(17)14-8-28-32(10-14)22(25)26/h1-6,8,10,18,22H,9H2. The lowest BCUT2D eigenvalue weighted by Gasteiger charge is -2.19. The van der Waals surface area contributed by atoms with E-state index in [1.807, 2.05) is 6.07 Å². The lowest BCUT2D eigenvalue weighted by atomic mass is 10.0. The van der Waals surface area contributed by atoms with E-state index in [-0.39, 0.29) is 18.0 Å². The van der Waals surface area contributed by atoms with Crippen molar-refractivity contribution in [2.75, 3.05) is 4.90 Å². The average Bonchev–Trinajstić information content (AvgIpc) is 3.58. The van der Waals surface area contributed by atoms with Gasteiger partial charge in [-0.3, -0.25) is 4.79 Å². The molecule has 0 aliphatic carbocycles. The Balaban J connectivity index is 1.53. The number of carbonyl (C=O) groups is 1. The molecule has 1 aliphatic rings.